The number of hydrogen-bond acceptors (Lipinski definition) is 5. The summed E-state index contributed by atoms with van der Waals surface area (Å²) in [6.07, 6.45) is 4.02. The van der Waals surface area contributed by atoms with Crippen molar-refractivity contribution in [1.29, 1.82) is 0 Å². The van der Waals surface area contributed by atoms with Crippen molar-refractivity contribution in [2.45, 2.75) is 31.1 Å². The summed E-state index contributed by atoms with van der Waals surface area (Å²) >= 11 is 5.57. The van der Waals surface area contributed by atoms with Gasteiger partial charge in [-0.05, 0) is 46.7 Å². The molecule has 1 aromatic carbocycles. The fraction of sp³-hybridized carbons (Fsp3) is 0.467. The van der Waals surface area contributed by atoms with Crippen LogP contribution >= 0.6 is 27.7 Å². The van der Waals surface area contributed by atoms with E-state index in [2.05, 4.69) is 43.2 Å². The van der Waals surface area contributed by atoms with E-state index in [4.69, 9.17) is 4.42 Å². The molecule has 112 valence electrons. The maximum absolute atomic E-state index is 5.72. The molecule has 1 N–H and O–H groups in total. The van der Waals surface area contributed by atoms with E-state index in [1.165, 1.54) is 25.0 Å². The van der Waals surface area contributed by atoms with E-state index in [0.717, 1.165) is 21.8 Å². The third kappa shape index (κ3) is 4.08. The Morgan fingerprint density at radius 3 is 3.00 bits per heavy atom. The number of benzene rings is 1. The van der Waals surface area contributed by atoms with Crippen LogP contribution in [0, 0.1) is 0 Å². The van der Waals surface area contributed by atoms with E-state index in [1.54, 1.807) is 0 Å². The summed E-state index contributed by atoms with van der Waals surface area (Å²) in [6, 6.07) is 7.86. The fourth-order valence-corrected chi connectivity index (χ4v) is 4.10. The van der Waals surface area contributed by atoms with Gasteiger partial charge >= 0.3 is 0 Å². The average molecular weight is 368 g/mol. The smallest absolute Gasteiger partial charge is 0.248 e. The second-order valence-electron chi connectivity index (χ2n) is 5.10. The average Bonchev–Trinajstić information content (AvgIpc) is 2.97. The van der Waals surface area contributed by atoms with E-state index < -0.39 is 0 Å². The molecule has 0 spiro atoms. The van der Waals surface area contributed by atoms with Crippen LogP contribution < -0.4 is 5.32 Å². The monoisotopic (exact) mass is 367 g/mol. The molecule has 1 saturated heterocycles. The molecule has 0 bridgehead atoms. The first-order valence-corrected chi connectivity index (χ1v) is 9.07. The predicted octanol–water partition coefficient (Wildman–Crippen LogP) is 3.87. The second-order valence-corrected chi connectivity index (χ2v) is 7.36. The van der Waals surface area contributed by atoms with Gasteiger partial charge in [-0.3, -0.25) is 0 Å². The molecule has 0 aliphatic carbocycles. The Morgan fingerprint density at radius 2 is 2.19 bits per heavy atom. The maximum atomic E-state index is 5.72. The molecule has 21 heavy (non-hydrogen) atoms. The maximum Gasteiger partial charge on any atom is 0.248 e. The molecule has 0 radical (unpaired) electrons. The number of rotatable bonds is 5. The molecular formula is C15H18BrN3OS. The van der Waals surface area contributed by atoms with Crippen LogP contribution in [0.15, 0.2) is 33.2 Å². The number of halogens is 1. The third-order valence-electron chi connectivity index (χ3n) is 3.49. The lowest BCUT2D eigenvalue weighted by atomic mass is 10.2. The summed E-state index contributed by atoms with van der Waals surface area (Å²) in [4.78, 5) is 0. The minimum atomic E-state index is 0.561. The first-order chi connectivity index (χ1) is 10.3. The van der Waals surface area contributed by atoms with Gasteiger partial charge in [0.1, 0.15) is 0 Å². The van der Waals surface area contributed by atoms with Gasteiger partial charge in [0.15, 0.2) is 0 Å². The summed E-state index contributed by atoms with van der Waals surface area (Å²) in [5.74, 6) is 2.49. The van der Waals surface area contributed by atoms with Gasteiger partial charge < -0.3 is 9.73 Å². The second kappa shape index (κ2) is 7.42. The Hall–Kier alpha value is -0.850. The van der Waals surface area contributed by atoms with Crippen LogP contribution in [0.25, 0.3) is 11.5 Å². The van der Waals surface area contributed by atoms with Crippen LogP contribution in [0.3, 0.4) is 0 Å². The molecule has 3 rings (SSSR count). The van der Waals surface area contributed by atoms with Crippen LogP contribution in [0.2, 0.25) is 0 Å². The number of nitrogens with one attached hydrogen (secondary N) is 1. The number of aromatic nitrogens is 2. The summed E-state index contributed by atoms with van der Waals surface area (Å²) in [6.45, 7) is 1.64. The zero-order valence-corrected chi connectivity index (χ0v) is 14.1. The molecule has 1 aliphatic rings. The highest BCUT2D eigenvalue weighted by Crippen LogP contribution is 2.27. The lowest BCUT2D eigenvalue weighted by molar-refractivity contribution is 0.473. The van der Waals surface area contributed by atoms with Gasteiger partial charge in [0, 0.05) is 16.3 Å². The molecule has 1 fully saturated rings. The Bertz CT molecular complexity index is 584. The standard InChI is InChI=1S/C15H18BrN3OS/c16-13-7-2-1-6-12(13)15-19-18-14(20-15)10-17-9-11-5-3-4-8-21-11/h1-2,6-7,11,17H,3-5,8-10H2. The van der Waals surface area contributed by atoms with Crippen molar-refractivity contribution in [2.24, 2.45) is 0 Å². The topological polar surface area (TPSA) is 51.0 Å². The number of nitrogens with zero attached hydrogens (tertiary/aromatic N) is 2. The van der Waals surface area contributed by atoms with Gasteiger partial charge in [0.25, 0.3) is 0 Å². The Kier molecular flexibility index (Phi) is 5.32. The van der Waals surface area contributed by atoms with Crippen molar-refractivity contribution in [1.82, 2.24) is 15.5 Å². The molecule has 2 heterocycles. The predicted molar refractivity (Wildman–Crippen MR) is 89.2 cm³/mol. The van der Waals surface area contributed by atoms with Crippen molar-refractivity contribution < 1.29 is 4.42 Å². The SMILES string of the molecule is Brc1ccccc1-c1nnc(CNCC2CCCCS2)o1. The largest absolute Gasteiger partial charge is 0.419 e. The molecule has 6 heteroatoms. The normalized spacial score (nSPS) is 18.8. The van der Waals surface area contributed by atoms with Gasteiger partial charge in [-0.2, -0.15) is 11.8 Å². The molecular weight excluding hydrogens is 350 g/mol. The quantitative estimate of drug-likeness (QED) is 0.868. The molecule has 1 atom stereocenters. The van der Waals surface area contributed by atoms with E-state index >= 15 is 0 Å². The van der Waals surface area contributed by atoms with E-state index in [9.17, 15) is 0 Å². The molecule has 1 aliphatic heterocycles. The van der Waals surface area contributed by atoms with Crippen molar-refractivity contribution in [3.8, 4) is 11.5 Å². The molecule has 1 unspecified atom stereocenters. The fourth-order valence-electron chi connectivity index (χ4n) is 2.38. The molecule has 2 aromatic rings. The minimum absolute atomic E-state index is 0.561. The molecule has 1 aromatic heterocycles. The van der Waals surface area contributed by atoms with Gasteiger partial charge in [-0.15, -0.1) is 10.2 Å². The van der Waals surface area contributed by atoms with Gasteiger partial charge in [0.05, 0.1) is 12.1 Å². The molecule has 0 amide bonds. The van der Waals surface area contributed by atoms with Gasteiger partial charge in [-0.1, -0.05) is 18.6 Å². The summed E-state index contributed by atoms with van der Waals surface area (Å²) in [5.41, 5.74) is 0.930. The Balaban J connectivity index is 1.54. The number of thioether (sulfide) groups is 1. The van der Waals surface area contributed by atoms with Crippen molar-refractivity contribution >= 4 is 27.7 Å². The van der Waals surface area contributed by atoms with Crippen molar-refractivity contribution in [2.75, 3.05) is 12.3 Å². The Labute approximate surface area is 137 Å². The van der Waals surface area contributed by atoms with Gasteiger partial charge in [0.2, 0.25) is 11.8 Å². The highest BCUT2D eigenvalue weighted by atomic mass is 79.9. The zero-order valence-electron chi connectivity index (χ0n) is 11.7. The highest BCUT2D eigenvalue weighted by molar-refractivity contribution is 9.10. The van der Waals surface area contributed by atoms with Crippen molar-refractivity contribution in [3.05, 3.63) is 34.6 Å². The van der Waals surface area contributed by atoms with Gasteiger partial charge in [-0.25, -0.2) is 0 Å². The number of hydrogen-bond donors (Lipinski definition) is 1. The highest BCUT2D eigenvalue weighted by Gasteiger charge is 2.14. The lowest BCUT2D eigenvalue weighted by Gasteiger charge is -2.20. The van der Waals surface area contributed by atoms with E-state index in [-0.39, 0.29) is 0 Å². The zero-order chi connectivity index (χ0) is 14.5. The van der Waals surface area contributed by atoms with Crippen LogP contribution in [-0.2, 0) is 6.54 Å². The molecule has 4 nitrogen and oxygen atoms in total. The van der Waals surface area contributed by atoms with Crippen molar-refractivity contribution in [3.63, 3.8) is 0 Å². The van der Waals surface area contributed by atoms with Crippen LogP contribution in [0.1, 0.15) is 25.2 Å². The first kappa shape index (κ1) is 15.1. The van der Waals surface area contributed by atoms with Crippen LogP contribution in [-0.4, -0.2) is 27.7 Å². The van der Waals surface area contributed by atoms with E-state index in [0.29, 0.717) is 18.3 Å². The summed E-state index contributed by atoms with van der Waals surface area (Å²) in [5, 5.41) is 12.4. The summed E-state index contributed by atoms with van der Waals surface area (Å²) < 4.78 is 6.68. The Morgan fingerprint density at radius 1 is 1.29 bits per heavy atom. The third-order valence-corrected chi connectivity index (χ3v) is 5.58. The minimum Gasteiger partial charge on any atom is -0.419 e. The first-order valence-electron chi connectivity index (χ1n) is 7.22. The van der Waals surface area contributed by atoms with Crippen LogP contribution in [0.5, 0.6) is 0 Å². The lowest BCUT2D eigenvalue weighted by Crippen LogP contribution is -2.26. The molecule has 0 saturated carbocycles. The van der Waals surface area contributed by atoms with E-state index in [1.807, 2.05) is 24.3 Å². The van der Waals surface area contributed by atoms with Crippen LogP contribution in [0.4, 0.5) is 0 Å². The summed E-state index contributed by atoms with van der Waals surface area (Å²) in [7, 11) is 0.